The van der Waals surface area contributed by atoms with Crippen LogP contribution >= 0.6 is 0 Å². The van der Waals surface area contributed by atoms with Crippen molar-refractivity contribution in [2.45, 2.75) is 37.9 Å². The number of nitrogens with zero attached hydrogens (tertiary/aromatic N) is 4. The first-order chi connectivity index (χ1) is 25.8. The second-order valence-corrected chi connectivity index (χ2v) is 13.4. The summed E-state index contributed by atoms with van der Waals surface area (Å²) in [5.41, 5.74) is 6.35. The fraction of sp³-hybridized carbons (Fsp3) is 0.410. The number of carbonyl (C=O) groups is 4. The van der Waals surface area contributed by atoms with Gasteiger partial charge in [-0.15, -0.1) is 24.5 Å². The average Bonchev–Trinajstić information content (AvgIpc) is 3.81. The zero-order valence-corrected chi connectivity index (χ0v) is 38.2. The summed E-state index contributed by atoms with van der Waals surface area (Å²) in [5, 5.41) is 33.3. The number of amides is 2. The Hall–Kier alpha value is -2.73. The Morgan fingerprint density at radius 3 is 2.51 bits per heavy atom. The summed E-state index contributed by atoms with van der Waals surface area (Å²) < 4.78 is 0. The van der Waals surface area contributed by atoms with Gasteiger partial charge in [0, 0.05) is 102 Å². The molecule has 2 aliphatic rings. The first-order valence-electron chi connectivity index (χ1n) is 18.1. The van der Waals surface area contributed by atoms with E-state index < -0.39 is 11.9 Å². The van der Waals surface area contributed by atoms with E-state index in [4.69, 9.17) is 16.0 Å². The van der Waals surface area contributed by atoms with Crippen LogP contribution in [0.1, 0.15) is 52.0 Å². The van der Waals surface area contributed by atoms with Crippen LogP contribution in [-0.2, 0) is 42.3 Å². The van der Waals surface area contributed by atoms with Crippen LogP contribution in [0.2, 0.25) is 0 Å². The number of hydrogen-bond donors (Lipinski definition) is 6. The number of aldehydes is 2. The van der Waals surface area contributed by atoms with Crippen LogP contribution in [0.25, 0.3) is 10.6 Å². The maximum atomic E-state index is 13.5. The molecule has 0 aromatic heterocycles. The van der Waals surface area contributed by atoms with Crippen molar-refractivity contribution in [2.75, 3.05) is 81.7 Å². The van der Waals surface area contributed by atoms with Crippen molar-refractivity contribution in [1.29, 1.82) is 5.41 Å². The topological polar surface area (TPSA) is 187 Å². The number of likely N-dealkylation sites (tertiary alicyclic amines) is 1. The second-order valence-electron chi connectivity index (χ2n) is 13.4. The van der Waals surface area contributed by atoms with E-state index in [1.165, 1.54) is 25.2 Å². The third-order valence-electron chi connectivity index (χ3n) is 9.83. The fourth-order valence-electron chi connectivity index (χ4n) is 6.83. The molecule has 3 unspecified atom stereocenters. The van der Waals surface area contributed by atoms with Crippen molar-refractivity contribution in [1.82, 2.24) is 15.1 Å². The van der Waals surface area contributed by atoms with E-state index in [1.54, 1.807) is 18.2 Å². The zero-order chi connectivity index (χ0) is 37.7. The summed E-state index contributed by atoms with van der Waals surface area (Å²) in [6, 6.07) is 16.1. The van der Waals surface area contributed by atoms with Crippen molar-refractivity contribution < 1.29 is 103 Å². The third-order valence-corrected chi connectivity index (χ3v) is 9.83. The van der Waals surface area contributed by atoms with E-state index in [0.29, 0.717) is 37.3 Å². The number of nitrogens with one attached hydrogen (secondary N) is 6. The zero-order valence-electron chi connectivity index (χ0n) is 32.2. The van der Waals surface area contributed by atoms with Gasteiger partial charge < -0.3 is 52.3 Å². The van der Waals surface area contributed by atoms with Gasteiger partial charge in [0.15, 0.2) is 6.29 Å². The van der Waals surface area contributed by atoms with E-state index in [9.17, 15) is 19.2 Å². The van der Waals surface area contributed by atoms with Crippen molar-refractivity contribution in [3.63, 3.8) is 0 Å². The first kappa shape index (κ1) is 46.7. The van der Waals surface area contributed by atoms with Gasteiger partial charge in [-0.05, 0) is 50.0 Å². The molecule has 0 aliphatic carbocycles. The summed E-state index contributed by atoms with van der Waals surface area (Å²) in [7, 11) is 4.86. The Morgan fingerprint density at radius 1 is 1.02 bits per heavy atom. The van der Waals surface area contributed by atoms with Gasteiger partial charge in [-0.2, -0.15) is 0 Å². The molecule has 2 amide bonds. The van der Waals surface area contributed by atoms with Gasteiger partial charge >= 0.3 is 51.4 Å². The number of hydrogen-bond acceptors (Lipinski definition) is 10. The van der Waals surface area contributed by atoms with E-state index in [2.05, 4.69) is 43.6 Å². The van der Waals surface area contributed by atoms with Crippen LogP contribution in [0.4, 0.5) is 34.1 Å². The predicted octanol–water partition coefficient (Wildman–Crippen LogP) is 2.40. The van der Waals surface area contributed by atoms with Gasteiger partial charge in [0.05, 0.1) is 23.0 Å². The predicted molar refractivity (Wildman–Crippen MR) is 212 cm³/mol. The van der Waals surface area contributed by atoms with Crippen LogP contribution in [0, 0.1) is 11.3 Å². The van der Waals surface area contributed by atoms with E-state index in [1.807, 2.05) is 31.3 Å². The molecule has 3 atom stereocenters. The molecule has 0 bridgehead atoms. The summed E-state index contributed by atoms with van der Waals surface area (Å²) in [6.45, 7) is 4.71. The van der Waals surface area contributed by atoms with Crippen molar-refractivity contribution in [2.24, 2.45) is 5.92 Å². The minimum absolute atomic E-state index is 0. The number of benzene rings is 3. The van der Waals surface area contributed by atoms with Crippen LogP contribution in [-0.4, -0.2) is 113 Å². The SMILES string of the molecule is CNC(=O)CCC(C=O)N(C)C(=O)c1c(C=O)cccc1NCC[N-]CCC1CCN(CC2Nc3ccc([N-]c4ccc(NC)c(C=N)c4)cc3N2)C1.[K+].[Y]. The molecule has 16 heteroatoms. The van der Waals surface area contributed by atoms with Gasteiger partial charge in [-0.1, -0.05) is 42.8 Å². The van der Waals surface area contributed by atoms with E-state index in [-0.39, 0.29) is 120 Å². The molecule has 2 aliphatic heterocycles. The van der Waals surface area contributed by atoms with Crippen LogP contribution in [0.5, 0.6) is 0 Å². The summed E-state index contributed by atoms with van der Waals surface area (Å²) in [5.74, 6) is -0.119. The number of likely N-dealkylation sites (N-methyl/N-ethyl adjacent to an activating group) is 1. The molecule has 1 saturated heterocycles. The molecule has 0 saturated carbocycles. The van der Waals surface area contributed by atoms with Crippen LogP contribution < -0.4 is 78.0 Å². The summed E-state index contributed by atoms with van der Waals surface area (Å²) in [4.78, 5) is 52.6. The smallest absolute Gasteiger partial charge is 0.661 e. The van der Waals surface area contributed by atoms with Crippen molar-refractivity contribution in [3.8, 4) is 0 Å². The Morgan fingerprint density at radius 2 is 1.78 bits per heavy atom. The molecule has 6 N–H and O–H groups in total. The molecular weight excluding hydrogens is 800 g/mol. The van der Waals surface area contributed by atoms with Crippen LogP contribution in [0.15, 0.2) is 54.6 Å². The number of carbonyl (C=O) groups excluding carboxylic acids is 4. The van der Waals surface area contributed by atoms with Gasteiger partial charge in [0.1, 0.15) is 12.5 Å². The van der Waals surface area contributed by atoms with Gasteiger partial charge in [0.25, 0.3) is 5.91 Å². The standard InChI is InChI=1S/C39H51N10O4.K.Y/c1-41-32-10-7-29(19-28(32)21-40)45-30-8-11-33-35(20-30)47-36(46-33)23-49-18-14-26(22-49)13-15-43-16-17-44-34-6-4-5-27(24-50)38(34)39(53)48(3)31(25-51)9-12-37(52)42-2;;/h4-8,10-11,19-21,24-26,31,36H,9,12-18,22-23H2,1-3H3,(H7,40,41,42,44,45,46,47,50,52,53);;/q-1;+1;/p-1. The maximum Gasteiger partial charge on any atom is 1.00 e. The van der Waals surface area contributed by atoms with Gasteiger partial charge in [-0.25, -0.2) is 0 Å². The molecule has 0 spiro atoms. The molecule has 14 nitrogen and oxygen atoms in total. The quantitative estimate of drug-likeness (QED) is 0.0430. The largest absolute Gasteiger partial charge is 1.00 e. The Kier molecular flexibility index (Phi) is 19.9. The first-order valence-corrected chi connectivity index (χ1v) is 18.1. The summed E-state index contributed by atoms with van der Waals surface area (Å²) in [6.07, 6.45) is 5.13. The molecule has 1 radical (unpaired) electrons. The third kappa shape index (κ3) is 12.9. The summed E-state index contributed by atoms with van der Waals surface area (Å²) >= 11 is 0. The average molecular weight is 851 g/mol. The molecule has 3 aromatic rings. The van der Waals surface area contributed by atoms with Gasteiger partial charge in [0.2, 0.25) is 5.91 Å². The molecular formula is C39H50KN10O4Y-. The molecule has 1 fully saturated rings. The normalized spacial score (nSPS) is 16.1. The molecule has 55 heavy (non-hydrogen) atoms. The number of rotatable bonds is 20. The van der Waals surface area contributed by atoms with Gasteiger partial charge in [-0.3, -0.25) is 19.3 Å². The number of fused-ring (bicyclic) bond motifs is 1. The van der Waals surface area contributed by atoms with Crippen molar-refractivity contribution in [3.05, 3.63) is 81.9 Å². The molecule has 5 rings (SSSR count). The second kappa shape index (κ2) is 23.5. The fourth-order valence-corrected chi connectivity index (χ4v) is 6.83. The Balaban J connectivity index is 0.00000406. The molecule has 2 heterocycles. The molecule has 285 valence electrons. The minimum atomic E-state index is -0.804. The number of anilines is 4. The van der Waals surface area contributed by atoms with Crippen molar-refractivity contribution >= 4 is 64.7 Å². The van der Waals surface area contributed by atoms with E-state index in [0.717, 1.165) is 73.0 Å². The minimum Gasteiger partial charge on any atom is -0.661 e. The Labute approximate surface area is 391 Å². The monoisotopic (exact) mass is 850 g/mol. The van der Waals surface area contributed by atoms with Crippen LogP contribution in [0.3, 0.4) is 0 Å². The Bertz CT molecular complexity index is 1780. The van der Waals surface area contributed by atoms with E-state index >= 15 is 0 Å². The molecule has 3 aromatic carbocycles. The maximum absolute atomic E-state index is 13.5.